The van der Waals surface area contributed by atoms with E-state index in [0.29, 0.717) is 5.56 Å². The summed E-state index contributed by atoms with van der Waals surface area (Å²) in [6.45, 7) is 5.66. The van der Waals surface area contributed by atoms with E-state index in [1.54, 1.807) is 69.3 Å². The molecule has 3 rings (SSSR count). The Labute approximate surface area is 222 Å². The van der Waals surface area contributed by atoms with Gasteiger partial charge >= 0.3 is 18.4 Å². The first-order valence-electron chi connectivity index (χ1n) is 11.6. The molecule has 0 saturated carbocycles. The number of carbonyl (C=O) groups is 3. The van der Waals surface area contributed by atoms with Crippen LogP contribution in [0.2, 0.25) is 0 Å². The van der Waals surface area contributed by atoms with Crippen LogP contribution >= 0.6 is 0 Å². The lowest BCUT2D eigenvalue weighted by molar-refractivity contribution is -0.274. The van der Waals surface area contributed by atoms with Gasteiger partial charge in [-0.2, -0.15) is 0 Å². The predicted molar refractivity (Wildman–Crippen MR) is 135 cm³/mol. The number of benzene rings is 3. The molecule has 0 aliphatic carbocycles. The molecule has 39 heavy (non-hydrogen) atoms. The lowest BCUT2D eigenvalue weighted by Gasteiger charge is -2.25. The van der Waals surface area contributed by atoms with E-state index in [9.17, 15) is 27.6 Å². The minimum absolute atomic E-state index is 0.0580. The number of amides is 1. The van der Waals surface area contributed by atoms with Crippen LogP contribution in [0.15, 0.2) is 60.7 Å². The first-order chi connectivity index (χ1) is 18.3. The number of carbonyl (C=O) groups excluding carboxylic acids is 3. The Kier molecular flexibility index (Phi) is 8.85. The predicted octanol–water partition coefficient (Wildman–Crippen LogP) is 6.85. The Morgan fingerprint density at radius 3 is 2.05 bits per heavy atom. The topological polar surface area (TPSA) is 100 Å². The summed E-state index contributed by atoms with van der Waals surface area (Å²) in [5, 5.41) is 2.26. The molecule has 0 radical (unpaired) electrons. The summed E-state index contributed by atoms with van der Waals surface area (Å²) < 4.78 is 60.9. The number of para-hydroxylation sites is 1. The van der Waals surface area contributed by atoms with Crippen molar-refractivity contribution in [3.63, 3.8) is 0 Å². The molecule has 0 saturated heterocycles. The van der Waals surface area contributed by atoms with E-state index in [1.165, 1.54) is 12.1 Å². The number of anilines is 1. The van der Waals surface area contributed by atoms with E-state index >= 15 is 0 Å². The maximum absolute atomic E-state index is 13.4. The van der Waals surface area contributed by atoms with Gasteiger partial charge < -0.3 is 18.9 Å². The van der Waals surface area contributed by atoms with Gasteiger partial charge in [-0.1, -0.05) is 48.5 Å². The highest BCUT2D eigenvalue weighted by molar-refractivity contribution is 6.06. The van der Waals surface area contributed by atoms with E-state index in [4.69, 9.17) is 14.2 Å². The molecule has 0 bridgehead atoms. The number of halogens is 3. The van der Waals surface area contributed by atoms with Crippen molar-refractivity contribution in [2.24, 2.45) is 0 Å². The molecule has 206 valence electrons. The quantitative estimate of drug-likeness (QED) is 0.188. The van der Waals surface area contributed by atoms with Crippen molar-refractivity contribution in [2.75, 3.05) is 5.32 Å². The molecule has 0 aliphatic rings. The number of alkyl halides is 3. The Bertz CT molecular complexity index is 1340. The van der Waals surface area contributed by atoms with E-state index in [2.05, 4.69) is 10.1 Å². The molecule has 3 aromatic rings. The molecular formula is C28H26F3NO7. The first-order valence-corrected chi connectivity index (χ1v) is 11.6. The fraction of sp³-hybridized carbons (Fsp3) is 0.250. The maximum atomic E-state index is 13.4. The normalized spacial score (nSPS) is 11.4. The number of esters is 1. The van der Waals surface area contributed by atoms with Crippen LogP contribution in [-0.4, -0.2) is 30.3 Å². The third kappa shape index (κ3) is 7.97. The number of hydrogen-bond acceptors (Lipinski definition) is 7. The van der Waals surface area contributed by atoms with Crippen molar-refractivity contribution in [1.82, 2.24) is 0 Å². The maximum Gasteiger partial charge on any atom is 0.573 e. The number of rotatable bonds is 8. The molecule has 1 N–H and O–H groups in total. The van der Waals surface area contributed by atoms with Crippen LogP contribution in [0.25, 0.3) is 0 Å². The average Bonchev–Trinajstić information content (AvgIpc) is 2.84. The Morgan fingerprint density at radius 1 is 0.923 bits per heavy atom. The van der Waals surface area contributed by atoms with Crippen LogP contribution in [0, 0.1) is 6.92 Å². The minimum Gasteiger partial charge on any atom is -0.486 e. The van der Waals surface area contributed by atoms with E-state index in [1.807, 2.05) is 0 Å². The van der Waals surface area contributed by atoms with Crippen LogP contribution in [0.3, 0.4) is 0 Å². The fourth-order valence-corrected chi connectivity index (χ4v) is 3.50. The molecule has 0 unspecified atom stereocenters. The minimum atomic E-state index is -5.24. The van der Waals surface area contributed by atoms with Gasteiger partial charge in [-0.15, -0.1) is 13.2 Å². The summed E-state index contributed by atoms with van der Waals surface area (Å²) in [5.41, 5.74) is -2.53. The molecule has 0 aromatic heterocycles. The summed E-state index contributed by atoms with van der Waals surface area (Å²) in [5.74, 6) is -2.43. The van der Waals surface area contributed by atoms with Gasteiger partial charge in [0.05, 0.1) is 5.56 Å². The standard InChI is InChI=1S/C28H26F3NO7/c1-17-21(25(34)37-19-13-9-6-10-14-19)24(36-16-18-11-7-5-8-12-18)22(32-26(35)39-27(2,3)4)20(15-33)23(17)38-28(29,30)31/h5-15H,16H2,1-4H3,(H,32,35). The zero-order valence-electron chi connectivity index (χ0n) is 21.5. The second-order valence-electron chi connectivity index (χ2n) is 9.22. The number of ether oxygens (including phenoxy) is 4. The van der Waals surface area contributed by atoms with Gasteiger partial charge in [0.25, 0.3) is 0 Å². The Morgan fingerprint density at radius 2 is 1.51 bits per heavy atom. The van der Waals surface area contributed by atoms with Crippen molar-refractivity contribution in [1.29, 1.82) is 0 Å². The van der Waals surface area contributed by atoms with Gasteiger partial charge in [0, 0.05) is 5.56 Å². The van der Waals surface area contributed by atoms with Crippen LogP contribution in [0.5, 0.6) is 17.2 Å². The first kappa shape index (κ1) is 29.0. The lowest BCUT2D eigenvalue weighted by Crippen LogP contribution is -2.28. The van der Waals surface area contributed by atoms with Gasteiger partial charge in [0.1, 0.15) is 35.0 Å². The molecule has 8 nitrogen and oxygen atoms in total. The molecule has 0 heterocycles. The van der Waals surface area contributed by atoms with Crippen LogP contribution in [-0.2, 0) is 11.3 Å². The third-order valence-electron chi connectivity index (χ3n) is 5.03. The average molecular weight is 546 g/mol. The molecule has 3 aromatic carbocycles. The van der Waals surface area contributed by atoms with Crippen molar-refractivity contribution >= 4 is 24.0 Å². The molecule has 0 aliphatic heterocycles. The number of aldehydes is 1. The van der Waals surface area contributed by atoms with Gasteiger partial charge in [-0.3, -0.25) is 10.1 Å². The van der Waals surface area contributed by atoms with Crippen LogP contribution in [0.1, 0.15) is 52.6 Å². The number of nitrogens with one attached hydrogen (secondary N) is 1. The highest BCUT2D eigenvalue weighted by Gasteiger charge is 2.38. The Balaban J connectivity index is 2.25. The van der Waals surface area contributed by atoms with Gasteiger partial charge in [0.15, 0.2) is 12.0 Å². The zero-order valence-corrected chi connectivity index (χ0v) is 21.5. The van der Waals surface area contributed by atoms with E-state index < -0.39 is 57.9 Å². The van der Waals surface area contributed by atoms with Crippen LogP contribution in [0.4, 0.5) is 23.7 Å². The molecular weight excluding hydrogens is 519 g/mol. The molecule has 0 spiro atoms. The molecule has 0 atom stereocenters. The molecule has 0 fully saturated rings. The summed E-state index contributed by atoms with van der Waals surface area (Å²) in [6, 6.07) is 16.4. The summed E-state index contributed by atoms with van der Waals surface area (Å²) >= 11 is 0. The van der Waals surface area contributed by atoms with E-state index in [0.717, 1.165) is 6.92 Å². The van der Waals surface area contributed by atoms with Gasteiger partial charge in [-0.25, -0.2) is 9.59 Å². The third-order valence-corrected chi connectivity index (χ3v) is 5.03. The van der Waals surface area contributed by atoms with Gasteiger partial charge in [-0.05, 0) is 45.4 Å². The van der Waals surface area contributed by atoms with Crippen molar-refractivity contribution < 1.29 is 46.5 Å². The van der Waals surface area contributed by atoms with Crippen molar-refractivity contribution in [3.05, 3.63) is 82.9 Å². The lowest BCUT2D eigenvalue weighted by atomic mass is 9.99. The summed E-state index contributed by atoms with van der Waals surface area (Å²) in [7, 11) is 0. The van der Waals surface area contributed by atoms with E-state index in [-0.39, 0.29) is 18.6 Å². The van der Waals surface area contributed by atoms with Gasteiger partial charge in [0.2, 0.25) is 0 Å². The smallest absolute Gasteiger partial charge is 0.486 e. The SMILES string of the molecule is Cc1c(OC(F)(F)F)c(C=O)c(NC(=O)OC(C)(C)C)c(OCc2ccccc2)c1C(=O)Oc1ccccc1. The van der Waals surface area contributed by atoms with Crippen LogP contribution < -0.4 is 19.5 Å². The second kappa shape index (κ2) is 11.9. The second-order valence-corrected chi connectivity index (χ2v) is 9.22. The monoisotopic (exact) mass is 545 g/mol. The highest BCUT2D eigenvalue weighted by Crippen LogP contribution is 2.44. The fourth-order valence-electron chi connectivity index (χ4n) is 3.50. The number of hydrogen-bond donors (Lipinski definition) is 1. The highest BCUT2D eigenvalue weighted by atomic mass is 19.4. The largest absolute Gasteiger partial charge is 0.573 e. The van der Waals surface area contributed by atoms with Crippen molar-refractivity contribution in [3.8, 4) is 17.2 Å². The molecule has 1 amide bonds. The summed E-state index contributed by atoms with van der Waals surface area (Å²) in [6.07, 6.45) is -6.29. The Hall–Kier alpha value is -4.54. The molecule has 11 heteroatoms. The summed E-state index contributed by atoms with van der Waals surface area (Å²) in [4.78, 5) is 38.2. The van der Waals surface area contributed by atoms with Crippen molar-refractivity contribution in [2.45, 2.75) is 46.3 Å². The zero-order chi connectivity index (χ0) is 28.8.